The average molecular weight is 233 g/mol. The number of nitrogens with two attached hydrogens (primary N) is 1. The van der Waals surface area contributed by atoms with Crippen LogP contribution in [0.25, 0.3) is 11.3 Å². The van der Waals surface area contributed by atoms with Crippen molar-refractivity contribution in [2.24, 2.45) is 0 Å². The Morgan fingerprint density at radius 1 is 1.18 bits per heavy atom. The maximum Gasteiger partial charge on any atom is 0.326 e. The largest absolute Gasteiger partial charge is 0.496 e. The van der Waals surface area contributed by atoms with Crippen molar-refractivity contribution >= 4 is 5.69 Å². The number of aromatic nitrogens is 2. The Hall–Kier alpha value is -2.50. The van der Waals surface area contributed by atoms with E-state index in [1.54, 1.807) is 18.2 Å². The minimum Gasteiger partial charge on any atom is -0.496 e. The first-order valence-electron chi connectivity index (χ1n) is 4.87. The van der Waals surface area contributed by atoms with E-state index in [1.807, 2.05) is 0 Å². The molecule has 88 valence electrons. The smallest absolute Gasteiger partial charge is 0.326 e. The molecule has 0 aliphatic heterocycles. The number of hydrogen-bond donors (Lipinski definition) is 3. The third kappa shape index (κ3) is 2.20. The Labute approximate surface area is 96.1 Å². The number of rotatable bonds is 2. The van der Waals surface area contributed by atoms with E-state index in [4.69, 9.17) is 10.5 Å². The quantitative estimate of drug-likeness (QED) is 0.650. The van der Waals surface area contributed by atoms with Gasteiger partial charge in [-0.1, -0.05) is 0 Å². The molecule has 2 aromatic rings. The van der Waals surface area contributed by atoms with Crippen LogP contribution < -0.4 is 21.7 Å². The second-order valence-corrected chi connectivity index (χ2v) is 3.46. The number of anilines is 1. The number of nitrogen functional groups attached to an aromatic ring is 1. The van der Waals surface area contributed by atoms with Gasteiger partial charge in [0.05, 0.1) is 12.8 Å². The highest BCUT2D eigenvalue weighted by atomic mass is 16.5. The summed E-state index contributed by atoms with van der Waals surface area (Å²) in [5.74, 6) is 0.492. The first-order chi connectivity index (χ1) is 8.10. The van der Waals surface area contributed by atoms with Crippen molar-refractivity contribution in [3.05, 3.63) is 45.1 Å². The van der Waals surface area contributed by atoms with E-state index >= 15 is 0 Å². The van der Waals surface area contributed by atoms with Gasteiger partial charge in [-0.2, -0.15) is 0 Å². The van der Waals surface area contributed by atoms with Gasteiger partial charge in [-0.3, -0.25) is 9.78 Å². The number of H-pyrrole nitrogens is 2. The number of methoxy groups -OCH3 is 1. The molecule has 0 radical (unpaired) electrons. The summed E-state index contributed by atoms with van der Waals surface area (Å²) in [5.41, 5.74) is 6.11. The summed E-state index contributed by atoms with van der Waals surface area (Å²) >= 11 is 0. The molecule has 0 fully saturated rings. The lowest BCUT2D eigenvalue weighted by Crippen LogP contribution is -2.21. The Bertz CT molecular complexity index is 629. The first kappa shape index (κ1) is 11.0. The maximum atomic E-state index is 11.2. The van der Waals surface area contributed by atoms with Crippen molar-refractivity contribution in [1.29, 1.82) is 0 Å². The third-order valence-corrected chi connectivity index (χ3v) is 2.28. The van der Waals surface area contributed by atoms with Crippen molar-refractivity contribution in [1.82, 2.24) is 9.97 Å². The Kier molecular flexibility index (Phi) is 2.70. The molecule has 1 aromatic heterocycles. The van der Waals surface area contributed by atoms with Crippen molar-refractivity contribution in [3.63, 3.8) is 0 Å². The molecule has 4 N–H and O–H groups in total. The molecule has 6 heteroatoms. The molecule has 0 bridgehead atoms. The minimum absolute atomic E-state index is 0.385. The Balaban J connectivity index is 2.67. The summed E-state index contributed by atoms with van der Waals surface area (Å²) in [6.07, 6.45) is 0. The molecule has 17 heavy (non-hydrogen) atoms. The van der Waals surface area contributed by atoms with Crippen molar-refractivity contribution in [2.45, 2.75) is 0 Å². The topological polar surface area (TPSA) is 101 Å². The monoisotopic (exact) mass is 233 g/mol. The summed E-state index contributed by atoms with van der Waals surface area (Å²) in [5, 5.41) is 0. The molecule has 0 unspecified atom stereocenters. The van der Waals surface area contributed by atoms with Gasteiger partial charge in [0.25, 0.3) is 5.56 Å². The van der Waals surface area contributed by atoms with Gasteiger partial charge in [0.15, 0.2) is 0 Å². The zero-order chi connectivity index (χ0) is 12.4. The van der Waals surface area contributed by atoms with Crippen molar-refractivity contribution in [2.75, 3.05) is 12.8 Å². The second-order valence-electron chi connectivity index (χ2n) is 3.46. The van der Waals surface area contributed by atoms with Crippen LogP contribution in [0.5, 0.6) is 5.75 Å². The van der Waals surface area contributed by atoms with E-state index in [0.717, 1.165) is 0 Å². The van der Waals surface area contributed by atoms with Gasteiger partial charge in [-0.05, 0) is 12.1 Å². The molecule has 0 amide bonds. The molecule has 0 saturated carbocycles. The highest BCUT2D eigenvalue weighted by molar-refractivity contribution is 5.69. The number of nitrogens with one attached hydrogen (secondary N) is 2. The molecule has 0 spiro atoms. The fourth-order valence-corrected chi connectivity index (χ4v) is 1.54. The molecule has 1 aromatic carbocycles. The normalized spacial score (nSPS) is 10.2. The van der Waals surface area contributed by atoms with Gasteiger partial charge in [-0.15, -0.1) is 0 Å². The molecule has 0 saturated heterocycles. The first-order valence-corrected chi connectivity index (χ1v) is 4.87. The van der Waals surface area contributed by atoms with Crippen LogP contribution in [-0.4, -0.2) is 17.1 Å². The van der Waals surface area contributed by atoms with E-state index in [0.29, 0.717) is 22.7 Å². The molecule has 0 aliphatic rings. The minimum atomic E-state index is -0.564. The lowest BCUT2D eigenvalue weighted by Gasteiger charge is -2.08. The second kappa shape index (κ2) is 4.17. The van der Waals surface area contributed by atoms with Crippen LogP contribution in [0, 0.1) is 0 Å². The summed E-state index contributed by atoms with van der Waals surface area (Å²) in [4.78, 5) is 27.0. The average Bonchev–Trinajstić information content (AvgIpc) is 2.27. The van der Waals surface area contributed by atoms with Gasteiger partial charge in [0.1, 0.15) is 5.75 Å². The summed E-state index contributed by atoms with van der Waals surface area (Å²) in [6.45, 7) is 0. The van der Waals surface area contributed by atoms with Gasteiger partial charge < -0.3 is 15.5 Å². The zero-order valence-corrected chi connectivity index (χ0v) is 9.11. The third-order valence-electron chi connectivity index (χ3n) is 2.28. The Morgan fingerprint density at radius 2 is 1.94 bits per heavy atom. The summed E-state index contributed by atoms with van der Waals surface area (Å²) in [7, 11) is 1.49. The molecular formula is C11H11N3O3. The van der Waals surface area contributed by atoms with E-state index in [-0.39, 0.29) is 0 Å². The van der Waals surface area contributed by atoms with E-state index in [1.165, 1.54) is 13.2 Å². The maximum absolute atomic E-state index is 11.2. The van der Waals surface area contributed by atoms with Crippen LogP contribution >= 0.6 is 0 Å². The lowest BCUT2D eigenvalue weighted by atomic mass is 10.1. The van der Waals surface area contributed by atoms with Crippen molar-refractivity contribution < 1.29 is 4.74 Å². The lowest BCUT2D eigenvalue weighted by molar-refractivity contribution is 0.416. The van der Waals surface area contributed by atoms with Crippen LogP contribution in [0.4, 0.5) is 5.69 Å². The van der Waals surface area contributed by atoms with Crippen LogP contribution in [0.1, 0.15) is 0 Å². The van der Waals surface area contributed by atoms with Crippen LogP contribution in [0.3, 0.4) is 0 Å². The van der Waals surface area contributed by atoms with Gasteiger partial charge >= 0.3 is 5.69 Å². The SMILES string of the molecule is COc1cc(N)ccc1-c1cc(=O)[nH]c(=O)[nH]1. The highest BCUT2D eigenvalue weighted by Crippen LogP contribution is 2.29. The van der Waals surface area contributed by atoms with E-state index in [2.05, 4.69) is 9.97 Å². The van der Waals surface area contributed by atoms with Gasteiger partial charge in [0.2, 0.25) is 0 Å². The fraction of sp³-hybridized carbons (Fsp3) is 0.0909. The molecule has 2 rings (SSSR count). The molecule has 6 nitrogen and oxygen atoms in total. The predicted molar refractivity (Wildman–Crippen MR) is 64.1 cm³/mol. The number of benzene rings is 1. The summed E-state index contributed by atoms with van der Waals surface area (Å²) in [6, 6.07) is 6.25. The molecule has 1 heterocycles. The van der Waals surface area contributed by atoms with Crippen LogP contribution in [0.15, 0.2) is 33.9 Å². The zero-order valence-electron chi connectivity index (χ0n) is 9.11. The molecular weight excluding hydrogens is 222 g/mol. The number of hydrogen-bond acceptors (Lipinski definition) is 4. The van der Waals surface area contributed by atoms with Gasteiger partial charge in [-0.25, -0.2) is 4.79 Å². The van der Waals surface area contributed by atoms with Crippen LogP contribution in [0.2, 0.25) is 0 Å². The highest BCUT2D eigenvalue weighted by Gasteiger charge is 2.07. The van der Waals surface area contributed by atoms with Crippen LogP contribution in [-0.2, 0) is 0 Å². The standard InChI is InChI=1S/C11H11N3O3/c1-17-9-4-6(12)2-3-7(9)8-5-10(15)14-11(16)13-8/h2-5H,12H2,1H3,(H2,13,14,15,16). The van der Waals surface area contributed by atoms with E-state index < -0.39 is 11.2 Å². The van der Waals surface area contributed by atoms with E-state index in [9.17, 15) is 9.59 Å². The molecule has 0 atom stereocenters. The number of aromatic amines is 2. The fourth-order valence-electron chi connectivity index (χ4n) is 1.54. The summed E-state index contributed by atoms with van der Waals surface area (Å²) < 4.78 is 5.15. The molecule has 0 aliphatic carbocycles. The predicted octanol–water partition coefficient (Wildman–Crippen LogP) is 0.321. The van der Waals surface area contributed by atoms with Crippen molar-refractivity contribution in [3.8, 4) is 17.0 Å². The number of ether oxygens (including phenoxy) is 1. The Morgan fingerprint density at radius 3 is 2.59 bits per heavy atom. The van der Waals surface area contributed by atoms with Gasteiger partial charge in [0, 0.05) is 23.4 Å².